The SMILES string of the molecule is Cc1ccccc1-c1cnn(C)c1C1CCNC1. The molecule has 1 aromatic carbocycles. The van der Waals surface area contributed by atoms with Crippen molar-refractivity contribution in [3.63, 3.8) is 0 Å². The number of rotatable bonds is 2. The van der Waals surface area contributed by atoms with E-state index in [1.54, 1.807) is 0 Å². The fraction of sp³-hybridized carbons (Fsp3) is 0.400. The third kappa shape index (κ3) is 1.85. The van der Waals surface area contributed by atoms with Crippen LogP contribution in [0.4, 0.5) is 0 Å². The molecule has 0 radical (unpaired) electrons. The third-order valence-corrected chi connectivity index (χ3v) is 3.87. The smallest absolute Gasteiger partial charge is 0.0571 e. The maximum absolute atomic E-state index is 4.47. The van der Waals surface area contributed by atoms with Gasteiger partial charge in [0.15, 0.2) is 0 Å². The number of nitrogens with one attached hydrogen (secondary N) is 1. The summed E-state index contributed by atoms with van der Waals surface area (Å²) in [7, 11) is 2.05. The molecule has 1 unspecified atom stereocenters. The lowest BCUT2D eigenvalue weighted by Crippen LogP contribution is -2.11. The minimum atomic E-state index is 0.590. The Morgan fingerprint density at radius 3 is 2.83 bits per heavy atom. The molecule has 1 N–H and O–H groups in total. The first-order chi connectivity index (χ1) is 8.77. The van der Waals surface area contributed by atoms with E-state index in [0.717, 1.165) is 13.1 Å². The Bertz CT molecular complexity index is 551. The van der Waals surface area contributed by atoms with Crippen molar-refractivity contribution in [1.82, 2.24) is 15.1 Å². The fourth-order valence-corrected chi connectivity index (χ4v) is 2.90. The van der Waals surface area contributed by atoms with Crippen LogP contribution in [-0.4, -0.2) is 22.9 Å². The van der Waals surface area contributed by atoms with Gasteiger partial charge < -0.3 is 5.32 Å². The highest BCUT2D eigenvalue weighted by atomic mass is 15.3. The number of aromatic nitrogens is 2. The number of benzene rings is 1. The van der Waals surface area contributed by atoms with Crippen molar-refractivity contribution in [3.8, 4) is 11.1 Å². The molecule has 3 nitrogen and oxygen atoms in total. The van der Waals surface area contributed by atoms with Crippen LogP contribution in [0, 0.1) is 6.92 Å². The molecule has 3 rings (SSSR count). The van der Waals surface area contributed by atoms with Gasteiger partial charge in [0.05, 0.1) is 11.9 Å². The van der Waals surface area contributed by atoms with Gasteiger partial charge in [0, 0.05) is 25.1 Å². The first kappa shape index (κ1) is 11.5. The molecular formula is C15H19N3. The van der Waals surface area contributed by atoms with Crippen molar-refractivity contribution >= 4 is 0 Å². The van der Waals surface area contributed by atoms with Crippen LogP contribution >= 0.6 is 0 Å². The Kier molecular flexibility index (Phi) is 2.92. The van der Waals surface area contributed by atoms with E-state index in [4.69, 9.17) is 0 Å². The lowest BCUT2D eigenvalue weighted by molar-refractivity contribution is 0.638. The third-order valence-electron chi connectivity index (χ3n) is 3.87. The molecule has 1 saturated heterocycles. The summed E-state index contributed by atoms with van der Waals surface area (Å²) in [6.07, 6.45) is 3.22. The monoisotopic (exact) mass is 241 g/mol. The average molecular weight is 241 g/mol. The second-order valence-corrected chi connectivity index (χ2v) is 5.07. The van der Waals surface area contributed by atoms with E-state index in [-0.39, 0.29) is 0 Å². The van der Waals surface area contributed by atoms with Crippen LogP contribution in [0.5, 0.6) is 0 Å². The number of aryl methyl sites for hydroxylation is 2. The van der Waals surface area contributed by atoms with Gasteiger partial charge in [-0.15, -0.1) is 0 Å². The quantitative estimate of drug-likeness (QED) is 0.875. The minimum Gasteiger partial charge on any atom is -0.316 e. The van der Waals surface area contributed by atoms with Crippen molar-refractivity contribution in [3.05, 3.63) is 41.7 Å². The van der Waals surface area contributed by atoms with Gasteiger partial charge in [-0.2, -0.15) is 5.10 Å². The summed E-state index contributed by atoms with van der Waals surface area (Å²) in [5.74, 6) is 0.590. The zero-order valence-electron chi connectivity index (χ0n) is 11.0. The Balaban J connectivity index is 2.10. The van der Waals surface area contributed by atoms with Crippen LogP contribution < -0.4 is 5.32 Å². The van der Waals surface area contributed by atoms with Crippen LogP contribution in [0.25, 0.3) is 11.1 Å². The highest BCUT2D eigenvalue weighted by Crippen LogP contribution is 2.33. The zero-order chi connectivity index (χ0) is 12.5. The Morgan fingerprint density at radius 1 is 1.28 bits per heavy atom. The standard InChI is InChI=1S/C15H19N3/c1-11-5-3-4-6-13(11)14-10-17-18(2)15(14)12-7-8-16-9-12/h3-6,10,12,16H,7-9H2,1-2H3. The summed E-state index contributed by atoms with van der Waals surface area (Å²) in [5, 5.41) is 7.91. The average Bonchev–Trinajstić information content (AvgIpc) is 2.98. The van der Waals surface area contributed by atoms with E-state index < -0.39 is 0 Å². The maximum atomic E-state index is 4.47. The molecule has 3 heteroatoms. The molecular weight excluding hydrogens is 222 g/mol. The number of hydrogen-bond acceptors (Lipinski definition) is 2. The summed E-state index contributed by atoms with van der Waals surface area (Å²) in [4.78, 5) is 0. The first-order valence-electron chi connectivity index (χ1n) is 6.56. The number of nitrogens with zero attached hydrogens (tertiary/aromatic N) is 2. The summed E-state index contributed by atoms with van der Waals surface area (Å²) < 4.78 is 2.04. The maximum Gasteiger partial charge on any atom is 0.0571 e. The van der Waals surface area contributed by atoms with Crippen molar-refractivity contribution in [2.24, 2.45) is 7.05 Å². The largest absolute Gasteiger partial charge is 0.316 e. The van der Waals surface area contributed by atoms with E-state index in [1.807, 2.05) is 10.9 Å². The van der Waals surface area contributed by atoms with Crippen LogP contribution in [-0.2, 0) is 7.05 Å². The van der Waals surface area contributed by atoms with Crippen molar-refractivity contribution in [1.29, 1.82) is 0 Å². The summed E-state index contributed by atoms with van der Waals surface area (Å²) in [6.45, 7) is 4.35. The van der Waals surface area contributed by atoms with E-state index in [0.29, 0.717) is 5.92 Å². The molecule has 18 heavy (non-hydrogen) atoms. The second-order valence-electron chi connectivity index (χ2n) is 5.07. The lowest BCUT2D eigenvalue weighted by atomic mass is 9.94. The van der Waals surface area contributed by atoms with Gasteiger partial charge in [0.2, 0.25) is 0 Å². The molecule has 94 valence electrons. The van der Waals surface area contributed by atoms with Gasteiger partial charge in [0.1, 0.15) is 0 Å². The van der Waals surface area contributed by atoms with Crippen LogP contribution in [0.3, 0.4) is 0 Å². The topological polar surface area (TPSA) is 29.9 Å². The molecule has 0 aliphatic carbocycles. The van der Waals surface area contributed by atoms with E-state index in [2.05, 4.69) is 48.7 Å². The molecule has 1 fully saturated rings. The molecule has 2 heterocycles. The van der Waals surface area contributed by atoms with Gasteiger partial charge in [0.25, 0.3) is 0 Å². The molecule has 1 aliphatic rings. The molecule has 1 aliphatic heterocycles. The second kappa shape index (κ2) is 4.58. The number of hydrogen-bond donors (Lipinski definition) is 1. The zero-order valence-corrected chi connectivity index (χ0v) is 11.0. The minimum absolute atomic E-state index is 0.590. The summed E-state index contributed by atoms with van der Waals surface area (Å²) in [6, 6.07) is 8.55. The van der Waals surface area contributed by atoms with E-state index >= 15 is 0 Å². The van der Waals surface area contributed by atoms with Gasteiger partial charge in [-0.25, -0.2) is 0 Å². The van der Waals surface area contributed by atoms with Crippen LogP contribution in [0.15, 0.2) is 30.5 Å². The molecule has 1 aromatic heterocycles. The van der Waals surface area contributed by atoms with Crippen LogP contribution in [0.2, 0.25) is 0 Å². The normalized spacial score (nSPS) is 19.3. The molecule has 1 atom stereocenters. The lowest BCUT2D eigenvalue weighted by Gasteiger charge is -2.13. The van der Waals surface area contributed by atoms with Gasteiger partial charge in [-0.3, -0.25) is 4.68 Å². The van der Waals surface area contributed by atoms with E-state index in [9.17, 15) is 0 Å². The highest BCUT2D eigenvalue weighted by Gasteiger charge is 2.24. The van der Waals surface area contributed by atoms with Crippen molar-refractivity contribution in [2.75, 3.05) is 13.1 Å². The summed E-state index contributed by atoms with van der Waals surface area (Å²) >= 11 is 0. The molecule has 0 amide bonds. The molecule has 0 saturated carbocycles. The predicted octanol–water partition coefficient (Wildman–Crippen LogP) is 2.47. The summed E-state index contributed by atoms with van der Waals surface area (Å²) in [5.41, 5.74) is 5.30. The molecule has 0 bridgehead atoms. The van der Waals surface area contributed by atoms with Gasteiger partial charge >= 0.3 is 0 Å². The first-order valence-corrected chi connectivity index (χ1v) is 6.56. The van der Waals surface area contributed by atoms with Crippen molar-refractivity contribution in [2.45, 2.75) is 19.3 Å². The molecule has 0 spiro atoms. The van der Waals surface area contributed by atoms with Crippen molar-refractivity contribution < 1.29 is 0 Å². The molecule has 2 aromatic rings. The highest BCUT2D eigenvalue weighted by molar-refractivity contribution is 5.69. The Hall–Kier alpha value is -1.61. The Morgan fingerprint density at radius 2 is 2.11 bits per heavy atom. The fourth-order valence-electron chi connectivity index (χ4n) is 2.90. The predicted molar refractivity (Wildman–Crippen MR) is 73.6 cm³/mol. The van der Waals surface area contributed by atoms with Gasteiger partial charge in [-0.1, -0.05) is 24.3 Å². The Labute approximate surface area is 108 Å². The van der Waals surface area contributed by atoms with E-state index in [1.165, 1.54) is 28.8 Å². The van der Waals surface area contributed by atoms with Gasteiger partial charge in [-0.05, 0) is 31.0 Å². The van der Waals surface area contributed by atoms with Crippen LogP contribution in [0.1, 0.15) is 23.6 Å².